The van der Waals surface area contributed by atoms with Crippen LogP contribution in [0.1, 0.15) is 38.1 Å². The second-order valence-electron chi connectivity index (χ2n) is 5.81. The van der Waals surface area contributed by atoms with Crippen LogP contribution in [-0.4, -0.2) is 31.4 Å². The first-order valence-electron chi connectivity index (χ1n) is 6.67. The maximum absolute atomic E-state index is 12.1. The van der Waals surface area contributed by atoms with Crippen molar-refractivity contribution < 1.29 is 23.9 Å². The fourth-order valence-corrected chi connectivity index (χ4v) is 1.90. The van der Waals surface area contributed by atoms with Gasteiger partial charge in [0.1, 0.15) is 28.2 Å². The van der Waals surface area contributed by atoms with Crippen molar-refractivity contribution in [2.75, 3.05) is 19.4 Å². The lowest BCUT2D eigenvalue weighted by Crippen LogP contribution is -2.41. The Hall–Kier alpha value is -1.79. The SMILES string of the molecule is COC(=O)c1c(OC)cccc1N1OC(C)(C)C(C)(C)O1. The number of hydrogen-bond acceptors (Lipinski definition) is 6. The minimum Gasteiger partial charge on any atom is -0.496 e. The molecular weight excluding hydrogens is 274 g/mol. The Morgan fingerprint density at radius 2 is 1.67 bits per heavy atom. The predicted octanol–water partition coefficient (Wildman–Crippen LogP) is 2.72. The van der Waals surface area contributed by atoms with Gasteiger partial charge in [0.25, 0.3) is 0 Å². The van der Waals surface area contributed by atoms with E-state index in [0.717, 1.165) is 0 Å². The Kier molecular flexibility index (Phi) is 3.86. The van der Waals surface area contributed by atoms with E-state index >= 15 is 0 Å². The molecule has 0 aromatic heterocycles. The lowest BCUT2D eigenvalue weighted by molar-refractivity contribution is -0.0279. The van der Waals surface area contributed by atoms with Gasteiger partial charge in [-0.05, 0) is 39.8 Å². The van der Waals surface area contributed by atoms with Gasteiger partial charge in [0.05, 0.1) is 14.2 Å². The number of anilines is 1. The second kappa shape index (κ2) is 5.20. The summed E-state index contributed by atoms with van der Waals surface area (Å²) in [5.41, 5.74) is -0.400. The van der Waals surface area contributed by atoms with Gasteiger partial charge in [0.2, 0.25) is 0 Å². The molecule has 6 nitrogen and oxygen atoms in total. The van der Waals surface area contributed by atoms with Crippen molar-refractivity contribution in [3.63, 3.8) is 0 Å². The molecule has 0 saturated carbocycles. The fraction of sp³-hybridized carbons (Fsp3) is 0.533. The summed E-state index contributed by atoms with van der Waals surface area (Å²) in [5.74, 6) is -0.119. The molecule has 0 bridgehead atoms. The van der Waals surface area contributed by atoms with Crippen LogP contribution >= 0.6 is 0 Å². The lowest BCUT2D eigenvalue weighted by atomic mass is 9.90. The van der Waals surface area contributed by atoms with E-state index in [1.54, 1.807) is 18.2 Å². The molecule has 21 heavy (non-hydrogen) atoms. The number of carbonyl (C=O) groups is 1. The van der Waals surface area contributed by atoms with Crippen LogP contribution in [0.25, 0.3) is 0 Å². The zero-order valence-electron chi connectivity index (χ0n) is 13.2. The molecule has 1 heterocycles. The molecule has 116 valence electrons. The Bertz CT molecular complexity index is 537. The van der Waals surface area contributed by atoms with Gasteiger partial charge < -0.3 is 9.47 Å². The van der Waals surface area contributed by atoms with Crippen molar-refractivity contribution in [2.45, 2.75) is 38.9 Å². The quantitative estimate of drug-likeness (QED) is 0.799. The van der Waals surface area contributed by atoms with Crippen molar-refractivity contribution in [1.82, 2.24) is 0 Å². The number of rotatable bonds is 3. The van der Waals surface area contributed by atoms with E-state index in [0.29, 0.717) is 11.4 Å². The average molecular weight is 295 g/mol. The van der Waals surface area contributed by atoms with Crippen LogP contribution in [0.3, 0.4) is 0 Å². The smallest absolute Gasteiger partial charge is 0.343 e. The van der Waals surface area contributed by atoms with Gasteiger partial charge in [-0.2, -0.15) is 0 Å². The number of hydrogen-bond donors (Lipinski definition) is 0. The van der Waals surface area contributed by atoms with Crippen molar-refractivity contribution in [2.24, 2.45) is 0 Å². The van der Waals surface area contributed by atoms with Crippen LogP contribution in [0.2, 0.25) is 0 Å². The molecule has 1 aliphatic heterocycles. The molecule has 0 atom stereocenters. The van der Waals surface area contributed by atoms with E-state index in [1.165, 1.54) is 19.4 Å². The molecule has 1 aromatic carbocycles. The van der Waals surface area contributed by atoms with Crippen LogP contribution in [0, 0.1) is 0 Å². The molecule has 0 amide bonds. The number of esters is 1. The molecule has 0 radical (unpaired) electrons. The lowest BCUT2D eigenvalue weighted by Gasteiger charge is -2.26. The molecule has 6 heteroatoms. The summed E-state index contributed by atoms with van der Waals surface area (Å²) < 4.78 is 10.1. The molecule has 1 saturated heterocycles. The molecule has 2 rings (SSSR count). The third kappa shape index (κ3) is 2.56. The largest absolute Gasteiger partial charge is 0.496 e. The van der Waals surface area contributed by atoms with Gasteiger partial charge in [-0.25, -0.2) is 14.5 Å². The fourth-order valence-electron chi connectivity index (χ4n) is 1.90. The first-order valence-corrected chi connectivity index (χ1v) is 6.67. The van der Waals surface area contributed by atoms with Crippen molar-refractivity contribution >= 4 is 11.7 Å². The normalized spacial score (nSPS) is 19.4. The molecule has 0 spiro atoms. The van der Waals surface area contributed by atoms with Gasteiger partial charge in [-0.15, -0.1) is 5.23 Å². The van der Waals surface area contributed by atoms with Crippen molar-refractivity contribution in [3.8, 4) is 5.75 Å². The first-order chi connectivity index (χ1) is 9.73. The Morgan fingerprint density at radius 3 is 2.14 bits per heavy atom. The number of nitrogens with zero attached hydrogens (tertiary/aromatic N) is 1. The van der Waals surface area contributed by atoms with Crippen LogP contribution in [0.15, 0.2) is 18.2 Å². The summed E-state index contributed by atoms with van der Waals surface area (Å²) in [6.45, 7) is 7.69. The topological polar surface area (TPSA) is 57.2 Å². The summed E-state index contributed by atoms with van der Waals surface area (Å²) in [6.07, 6.45) is 0. The van der Waals surface area contributed by atoms with Gasteiger partial charge >= 0.3 is 5.97 Å². The molecule has 1 aliphatic rings. The van der Waals surface area contributed by atoms with Gasteiger partial charge in [0.15, 0.2) is 0 Å². The Balaban J connectivity index is 2.49. The van der Waals surface area contributed by atoms with Gasteiger partial charge in [0, 0.05) is 0 Å². The van der Waals surface area contributed by atoms with Crippen LogP contribution in [0.5, 0.6) is 5.75 Å². The van der Waals surface area contributed by atoms with E-state index in [4.69, 9.17) is 19.1 Å². The Morgan fingerprint density at radius 1 is 1.10 bits per heavy atom. The first kappa shape index (κ1) is 15.6. The average Bonchev–Trinajstić information content (AvgIpc) is 2.65. The summed E-state index contributed by atoms with van der Waals surface area (Å²) in [7, 11) is 2.81. The molecular formula is C15H21NO5. The third-order valence-electron chi connectivity index (χ3n) is 3.88. The monoisotopic (exact) mass is 295 g/mol. The molecule has 0 aliphatic carbocycles. The predicted molar refractivity (Wildman–Crippen MR) is 77.1 cm³/mol. The highest BCUT2D eigenvalue weighted by Gasteiger charge is 2.50. The van der Waals surface area contributed by atoms with E-state index in [-0.39, 0.29) is 5.56 Å². The Labute approximate surface area is 124 Å². The van der Waals surface area contributed by atoms with E-state index in [9.17, 15) is 4.79 Å². The third-order valence-corrected chi connectivity index (χ3v) is 3.88. The molecule has 0 N–H and O–H groups in total. The minimum absolute atomic E-state index is 0.260. The highest BCUT2D eigenvalue weighted by Crippen LogP contribution is 2.42. The zero-order chi connectivity index (χ0) is 15.8. The van der Waals surface area contributed by atoms with Gasteiger partial charge in [-0.3, -0.25) is 0 Å². The summed E-state index contributed by atoms with van der Waals surface area (Å²) >= 11 is 0. The zero-order valence-corrected chi connectivity index (χ0v) is 13.2. The number of methoxy groups -OCH3 is 2. The van der Waals surface area contributed by atoms with Crippen LogP contribution < -0.4 is 9.96 Å². The molecule has 0 unspecified atom stereocenters. The summed E-state index contributed by atoms with van der Waals surface area (Å²) in [6, 6.07) is 5.15. The number of benzene rings is 1. The summed E-state index contributed by atoms with van der Waals surface area (Å²) in [4.78, 5) is 23.7. The maximum atomic E-state index is 12.1. The summed E-state index contributed by atoms with van der Waals surface area (Å²) in [5, 5.41) is 1.26. The van der Waals surface area contributed by atoms with E-state index < -0.39 is 17.2 Å². The number of carbonyl (C=O) groups excluding carboxylic acids is 1. The molecule has 1 fully saturated rings. The highest BCUT2D eigenvalue weighted by atomic mass is 17.0. The second-order valence-corrected chi connectivity index (χ2v) is 5.81. The van der Waals surface area contributed by atoms with Crippen LogP contribution in [-0.2, 0) is 14.4 Å². The van der Waals surface area contributed by atoms with E-state index in [2.05, 4.69) is 0 Å². The van der Waals surface area contributed by atoms with Crippen molar-refractivity contribution in [3.05, 3.63) is 23.8 Å². The maximum Gasteiger partial charge on any atom is 0.343 e. The minimum atomic E-state index is -0.552. The van der Waals surface area contributed by atoms with Gasteiger partial charge in [-0.1, -0.05) is 6.07 Å². The molecule has 1 aromatic rings. The van der Waals surface area contributed by atoms with E-state index in [1.807, 2.05) is 27.7 Å². The highest BCUT2D eigenvalue weighted by molar-refractivity contribution is 5.98. The standard InChI is InChI=1S/C15H21NO5/c1-14(2)15(3,4)21-16(20-14)10-8-7-9-11(18-5)12(10)13(17)19-6/h7-9H,1-6H3. The van der Waals surface area contributed by atoms with Crippen LogP contribution in [0.4, 0.5) is 5.69 Å². The number of ether oxygens (including phenoxy) is 2. The van der Waals surface area contributed by atoms with Crippen molar-refractivity contribution in [1.29, 1.82) is 0 Å².